The van der Waals surface area contributed by atoms with Gasteiger partial charge in [-0.05, 0) is 197 Å². The number of benzene rings is 3. The first-order chi connectivity index (χ1) is 19.4. The lowest BCUT2D eigenvalue weighted by Crippen LogP contribution is -2.09. The molecule has 2 aliphatic carbocycles. The highest BCUT2D eigenvalue weighted by molar-refractivity contribution is 14.1. The molecule has 0 N–H and O–H groups in total. The second-order valence-corrected chi connectivity index (χ2v) is 15.8. The Balaban J connectivity index is 1.86. The third-order valence-corrected chi connectivity index (χ3v) is 13.1. The third-order valence-electron chi connectivity index (χ3n) is 8.71. The summed E-state index contributed by atoms with van der Waals surface area (Å²) in [5.41, 5.74) is 9.30. The highest BCUT2D eigenvalue weighted by Crippen LogP contribution is 2.40. The zero-order valence-electron chi connectivity index (χ0n) is 24.3. The molecule has 5 rings (SSSR count). The molecule has 40 heavy (non-hydrogen) atoms. The van der Waals surface area contributed by atoms with Crippen molar-refractivity contribution in [1.29, 1.82) is 0 Å². The smallest absolute Gasteiger partial charge is 0.0305 e. The highest BCUT2D eigenvalue weighted by Gasteiger charge is 2.26. The van der Waals surface area contributed by atoms with Gasteiger partial charge in [-0.1, -0.05) is 65.5 Å². The van der Waals surface area contributed by atoms with Crippen LogP contribution in [0.25, 0.3) is 7.16 Å². The average molecular weight is 980 g/mol. The molecule has 0 unspecified atom stereocenters. The monoisotopic (exact) mass is 980 g/mol. The van der Waals surface area contributed by atoms with Crippen molar-refractivity contribution < 1.29 is 0 Å². The summed E-state index contributed by atoms with van der Waals surface area (Å²) >= 11 is 10.7. The molecule has 3 aromatic rings. The Labute approximate surface area is 294 Å². The van der Waals surface area contributed by atoms with Crippen LogP contribution >= 0.6 is 90.4 Å². The molecule has 0 amide bonds. The van der Waals surface area contributed by atoms with Crippen molar-refractivity contribution in [3.63, 3.8) is 0 Å². The quantitative estimate of drug-likeness (QED) is 0.159. The van der Waals surface area contributed by atoms with Gasteiger partial charge in [-0.25, -0.2) is 0 Å². The van der Waals surface area contributed by atoms with Crippen molar-refractivity contribution >= 4 is 97.5 Å². The number of unbranched alkanes of at least 4 members (excludes halogenated alkanes) is 4. The molecule has 0 fully saturated rings. The van der Waals surface area contributed by atoms with Gasteiger partial charge >= 0.3 is 0 Å². The first kappa shape index (κ1) is 31.7. The predicted octanol–water partition coefficient (Wildman–Crippen LogP) is 10.6. The van der Waals surface area contributed by atoms with Gasteiger partial charge in [0.2, 0.25) is 0 Å². The van der Waals surface area contributed by atoms with E-state index < -0.39 is 0 Å². The number of hydrogen-bond acceptors (Lipinski definition) is 0. The van der Waals surface area contributed by atoms with E-state index in [1.165, 1.54) is 134 Å². The molecule has 0 bridgehead atoms. The fourth-order valence-electron chi connectivity index (χ4n) is 6.43. The van der Waals surface area contributed by atoms with Crippen molar-refractivity contribution in [3.8, 4) is 0 Å². The Kier molecular flexibility index (Phi) is 11.1. The first-order valence-corrected chi connectivity index (χ1v) is 19.6. The van der Waals surface area contributed by atoms with Crippen LogP contribution in [0.5, 0.6) is 0 Å². The molecule has 0 heterocycles. The van der Waals surface area contributed by atoms with Crippen molar-refractivity contribution in [1.82, 2.24) is 0 Å². The first-order valence-electron chi connectivity index (χ1n) is 15.3. The second kappa shape index (κ2) is 14.0. The summed E-state index contributed by atoms with van der Waals surface area (Å²) in [6.45, 7) is 9.26. The summed E-state index contributed by atoms with van der Waals surface area (Å²) in [6, 6.07) is 10.3. The average Bonchev–Trinajstić information content (AvgIpc) is 3.41. The molecule has 0 atom stereocenters. The molecule has 2 aliphatic rings. The van der Waals surface area contributed by atoms with Crippen LogP contribution in [0.15, 0.2) is 24.3 Å². The maximum Gasteiger partial charge on any atom is 0.0305 e. The molecular formula is C36H40I4. The molecule has 0 saturated carbocycles. The van der Waals surface area contributed by atoms with Crippen LogP contribution in [0, 0.1) is 28.0 Å². The summed E-state index contributed by atoms with van der Waals surface area (Å²) in [6.07, 6.45) is 14.9. The Morgan fingerprint density at radius 2 is 0.700 bits per heavy atom. The maximum absolute atomic E-state index is 2.70. The van der Waals surface area contributed by atoms with Gasteiger partial charge in [-0.15, -0.1) is 0 Å². The van der Waals surface area contributed by atoms with Gasteiger partial charge < -0.3 is 0 Å². The lowest BCUT2D eigenvalue weighted by molar-refractivity contribution is 0.757. The van der Waals surface area contributed by atoms with E-state index in [4.69, 9.17) is 0 Å². The zero-order chi connectivity index (χ0) is 28.6. The number of rotatable bonds is 12. The van der Waals surface area contributed by atoms with Gasteiger partial charge in [-0.3, -0.25) is 0 Å². The largest absolute Gasteiger partial charge is 0.0654 e. The summed E-state index contributed by atoms with van der Waals surface area (Å²) < 4.78 is 5.79. The molecular weight excluding hydrogens is 940 g/mol. The number of fused-ring (bicyclic) bond motifs is 4. The molecule has 4 heteroatoms. The van der Waals surface area contributed by atoms with Crippen LogP contribution in [0.3, 0.4) is 0 Å². The number of halogens is 4. The van der Waals surface area contributed by atoms with Crippen LogP contribution in [0.4, 0.5) is 0 Å². The van der Waals surface area contributed by atoms with E-state index in [9.17, 15) is 0 Å². The molecule has 0 nitrogen and oxygen atoms in total. The van der Waals surface area contributed by atoms with Crippen LogP contribution in [0.1, 0.15) is 112 Å². The molecule has 0 saturated heterocycles. The van der Waals surface area contributed by atoms with Gasteiger partial charge in [0.25, 0.3) is 0 Å². The van der Waals surface area contributed by atoms with Crippen LogP contribution in [-0.4, -0.2) is 0 Å². The number of aryl methyl sites for hydroxylation is 4. The van der Waals surface area contributed by atoms with E-state index in [-0.39, 0.29) is 0 Å². The zero-order valence-corrected chi connectivity index (χ0v) is 32.9. The van der Waals surface area contributed by atoms with Crippen molar-refractivity contribution in [2.75, 3.05) is 0 Å². The van der Waals surface area contributed by atoms with Gasteiger partial charge in [0.1, 0.15) is 0 Å². The highest BCUT2D eigenvalue weighted by atomic mass is 127. The van der Waals surface area contributed by atoms with E-state index >= 15 is 0 Å². The van der Waals surface area contributed by atoms with Gasteiger partial charge in [0.15, 0.2) is 0 Å². The molecule has 0 radical (unpaired) electrons. The summed E-state index contributed by atoms with van der Waals surface area (Å²) in [7, 11) is 0. The minimum Gasteiger partial charge on any atom is -0.0654 e. The van der Waals surface area contributed by atoms with Crippen LogP contribution in [0.2, 0.25) is 0 Å². The van der Waals surface area contributed by atoms with Crippen LogP contribution in [-0.2, 0) is 25.7 Å². The lowest BCUT2D eigenvalue weighted by atomic mass is 9.96. The fraction of sp³-hybridized carbons (Fsp3) is 0.444. The summed E-state index contributed by atoms with van der Waals surface area (Å²) in [5, 5.41) is 8.86. The van der Waals surface area contributed by atoms with Crippen molar-refractivity contribution in [2.45, 2.75) is 105 Å². The molecule has 212 valence electrons. The lowest BCUT2D eigenvalue weighted by Gasteiger charge is -2.10. The standard InChI is InChI=1S/C36H40I4/c1-5-9-13-21-17-25-27(19-23(21)15-11-7-3)33(37)31-29(25)35(39)32-30(36(31)40)26-18-22(14-10-6-2)24(16-12-8-4)20-28(26)34(32)38/h17-20H,5-16H2,1-4H3. The van der Waals surface area contributed by atoms with E-state index in [1.807, 2.05) is 0 Å². The minimum atomic E-state index is 1.20. The molecule has 0 aromatic heterocycles. The topological polar surface area (TPSA) is 0 Å². The maximum atomic E-state index is 2.70. The number of hydrogen-bond donors (Lipinski definition) is 0. The minimum absolute atomic E-state index is 1.20. The van der Waals surface area contributed by atoms with Crippen molar-refractivity contribution in [3.05, 3.63) is 96.1 Å². The van der Waals surface area contributed by atoms with Crippen molar-refractivity contribution in [2.24, 2.45) is 0 Å². The Bertz CT molecular complexity index is 1650. The molecule has 3 aromatic carbocycles. The summed E-state index contributed by atoms with van der Waals surface area (Å²) in [4.78, 5) is 0. The fourth-order valence-corrected chi connectivity index (χ4v) is 11.6. The van der Waals surface area contributed by atoms with Crippen LogP contribution < -0.4 is 10.4 Å². The molecule has 0 spiro atoms. The van der Waals surface area contributed by atoms with E-state index in [2.05, 4.69) is 142 Å². The van der Waals surface area contributed by atoms with Gasteiger partial charge in [-0.2, -0.15) is 0 Å². The third kappa shape index (κ3) is 5.75. The SMILES string of the molecule is CCCCc1cc2c(cc1CCCC)=c1c(I)c3c(c(I)c1C=2I)=c1cc(CCCC)c(CCCC)cc1=C3I. The molecule has 0 aliphatic heterocycles. The second-order valence-electron chi connectivity index (χ2n) is 11.5. The van der Waals surface area contributed by atoms with Gasteiger partial charge in [0, 0.05) is 35.9 Å². The van der Waals surface area contributed by atoms with E-state index in [1.54, 1.807) is 22.3 Å². The predicted molar refractivity (Wildman–Crippen MR) is 207 cm³/mol. The Morgan fingerprint density at radius 3 is 0.975 bits per heavy atom. The van der Waals surface area contributed by atoms with E-state index in [0.717, 1.165) is 0 Å². The van der Waals surface area contributed by atoms with E-state index in [0.29, 0.717) is 0 Å². The van der Waals surface area contributed by atoms with Gasteiger partial charge in [0.05, 0.1) is 0 Å². The Hall–Kier alpha value is 0.320. The normalized spacial score (nSPS) is 13.1. The summed E-state index contributed by atoms with van der Waals surface area (Å²) in [5.74, 6) is 0. The Morgan fingerprint density at radius 1 is 0.425 bits per heavy atom.